The molecule has 0 saturated carbocycles. The highest BCUT2D eigenvalue weighted by Gasteiger charge is 2.34. The van der Waals surface area contributed by atoms with Crippen molar-refractivity contribution in [2.45, 2.75) is 13.3 Å². The third kappa shape index (κ3) is 3.76. The van der Waals surface area contributed by atoms with E-state index in [-0.39, 0.29) is 23.8 Å². The van der Waals surface area contributed by atoms with E-state index < -0.39 is 0 Å². The molecule has 0 aliphatic carbocycles. The van der Waals surface area contributed by atoms with E-state index in [2.05, 4.69) is 12.2 Å². The van der Waals surface area contributed by atoms with Crippen molar-refractivity contribution < 1.29 is 14.3 Å². The lowest BCUT2D eigenvalue weighted by Gasteiger charge is -2.22. The summed E-state index contributed by atoms with van der Waals surface area (Å²) in [6.07, 6.45) is 0.904. The Labute approximate surface area is 130 Å². The zero-order valence-corrected chi connectivity index (χ0v) is 13.1. The Morgan fingerprint density at radius 2 is 2.05 bits per heavy atom. The Bertz CT molecular complexity index is 544. The molecule has 1 aromatic carbocycles. The number of nitrogens with two attached hydrogens (primary N) is 1. The van der Waals surface area contributed by atoms with Gasteiger partial charge in [0.05, 0.1) is 13.7 Å². The van der Waals surface area contributed by atoms with Gasteiger partial charge in [-0.1, -0.05) is 6.92 Å². The molecule has 1 aliphatic rings. The lowest BCUT2D eigenvalue weighted by molar-refractivity contribution is -0.129. The summed E-state index contributed by atoms with van der Waals surface area (Å²) in [4.78, 5) is 25.9. The van der Waals surface area contributed by atoms with E-state index in [4.69, 9.17) is 10.5 Å². The number of rotatable bonds is 5. The van der Waals surface area contributed by atoms with Crippen LogP contribution in [0.5, 0.6) is 5.75 Å². The molecule has 2 amide bonds. The Kier molecular flexibility index (Phi) is 5.03. The Morgan fingerprint density at radius 3 is 2.59 bits per heavy atom. The minimum Gasteiger partial charge on any atom is -0.497 e. The van der Waals surface area contributed by atoms with Gasteiger partial charge >= 0.3 is 0 Å². The highest BCUT2D eigenvalue weighted by atomic mass is 16.5. The third-order valence-corrected chi connectivity index (χ3v) is 4.16. The number of carbonyl (C=O) groups is 2. The van der Waals surface area contributed by atoms with Crippen molar-refractivity contribution in [3.05, 3.63) is 29.8 Å². The zero-order chi connectivity index (χ0) is 16.2. The van der Waals surface area contributed by atoms with Gasteiger partial charge in [-0.2, -0.15) is 0 Å². The summed E-state index contributed by atoms with van der Waals surface area (Å²) in [5.41, 5.74) is 6.23. The first-order valence-corrected chi connectivity index (χ1v) is 7.37. The van der Waals surface area contributed by atoms with Crippen molar-refractivity contribution in [1.29, 1.82) is 0 Å². The summed E-state index contributed by atoms with van der Waals surface area (Å²) >= 11 is 0. The predicted octanol–water partition coefficient (Wildman–Crippen LogP) is 0.622. The second-order valence-electron chi connectivity index (χ2n) is 5.99. The lowest BCUT2D eigenvalue weighted by atomic mass is 9.90. The van der Waals surface area contributed by atoms with Crippen LogP contribution in [0.2, 0.25) is 0 Å². The van der Waals surface area contributed by atoms with Crippen LogP contribution in [0.1, 0.15) is 23.7 Å². The second kappa shape index (κ2) is 6.79. The summed E-state index contributed by atoms with van der Waals surface area (Å²) in [6, 6.07) is 6.76. The fraction of sp³-hybridized carbons (Fsp3) is 0.500. The van der Waals surface area contributed by atoms with E-state index in [1.54, 1.807) is 36.3 Å². The standard InChI is InChI=1S/C16H23N3O3/c1-16(10-17)7-8-19(11-16)14(20)9-18-15(21)12-3-5-13(22-2)6-4-12/h3-6H,7-11,17H2,1-2H3,(H,18,21). The van der Waals surface area contributed by atoms with E-state index in [1.807, 2.05) is 0 Å². The lowest BCUT2D eigenvalue weighted by Crippen LogP contribution is -2.40. The SMILES string of the molecule is COc1ccc(C(=O)NCC(=O)N2CCC(C)(CN)C2)cc1. The Morgan fingerprint density at radius 1 is 1.36 bits per heavy atom. The van der Waals surface area contributed by atoms with Gasteiger partial charge in [0.15, 0.2) is 0 Å². The number of hydrogen-bond acceptors (Lipinski definition) is 4. The van der Waals surface area contributed by atoms with Crippen molar-refractivity contribution in [3.8, 4) is 5.75 Å². The van der Waals surface area contributed by atoms with Gasteiger partial charge in [-0.05, 0) is 42.6 Å². The summed E-state index contributed by atoms with van der Waals surface area (Å²) in [5.74, 6) is 0.349. The second-order valence-corrected chi connectivity index (χ2v) is 5.99. The number of carbonyl (C=O) groups excluding carboxylic acids is 2. The minimum atomic E-state index is -0.267. The highest BCUT2D eigenvalue weighted by molar-refractivity contribution is 5.96. The molecule has 0 radical (unpaired) electrons. The molecule has 6 nitrogen and oxygen atoms in total. The van der Waals surface area contributed by atoms with Crippen molar-refractivity contribution in [2.24, 2.45) is 11.1 Å². The first-order valence-electron chi connectivity index (χ1n) is 7.37. The Balaban J connectivity index is 1.84. The van der Waals surface area contributed by atoms with Crippen LogP contribution >= 0.6 is 0 Å². The molecule has 22 heavy (non-hydrogen) atoms. The van der Waals surface area contributed by atoms with Crippen LogP contribution in [0.25, 0.3) is 0 Å². The van der Waals surface area contributed by atoms with Crippen LogP contribution in [0, 0.1) is 5.41 Å². The number of ether oxygens (including phenoxy) is 1. The summed E-state index contributed by atoms with van der Waals surface area (Å²) in [6.45, 7) is 4.00. The molecule has 2 rings (SSSR count). The summed E-state index contributed by atoms with van der Waals surface area (Å²) in [5, 5.41) is 2.66. The maximum Gasteiger partial charge on any atom is 0.251 e. The van der Waals surface area contributed by atoms with Gasteiger partial charge < -0.3 is 20.7 Å². The molecule has 120 valence electrons. The molecule has 1 saturated heterocycles. The van der Waals surface area contributed by atoms with E-state index in [1.165, 1.54) is 0 Å². The van der Waals surface area contributed by atoms with Crippen molar-refractivity contribution in [1.82, 2.24) is 10.2 Å². The van der Waals surface area contributed by atoms with Crippen LogP contribution in [-0.4, -0.2) is 50.0 Å². The van der Waals surface area contributed by atoms with Gasteiger partial charge in [0.2, 0.25) is 5.91 Å². The first-order chi connectivity index (χ1) is 10.5. The van der Waals surface area contributed by atoms with E-state index in [9.17, 15) is 9.59 Å². The van der Waals surface area contributed by atoms with Crippen LogP contribution in [0.3, 0.4) is 0 Å². The van der Waals surface area contributed by atoms with E-state index in [0.717, 1.165) is 6.42 Å². The molecular weight excluding hydrogens is 282 g/mol. The fourth-order valence-corrected chi connectivity index (χ4v) is 2.52. The number of likely N-dealkylation sites (tertiary alicyclic amines) is 1. The van der Waals surface area contributed by atoms with E-state index >= 15 is 0 Å². The minimum absolute atomic E-state index is 0.00431. The highest BCUT2D eigenvalue weighted by Crippen LogP contribution is 2.28. The molecule has 0 bridgehead atoms. The van der Waals surface area contributed by atoms with Gasteiger partial charge in [0.1, 0.15) is 5.75 Å². The average Bonchev–Trinajstić information content (AvgIpc) is 2.95. The topological polar surface area (TPSA) is 84.7 Å². The molecule has 1 aromatic rings. The van der Waals surface area contributed by atoms with Gasteiger partial charge in [-0.3, -0.25) is 9.59 Å². The van der Waals surface area contributed by atoms with Crippen LogP contribution in [0.15, 0.2) is 24.3 Å². The van der Waals surface area contributed by atoms with E-state index in [0.29, 0.717) is 30.9 Å². The fourth-order valence-electron chi connectivity index (χ4n) is 2.52. The molecule has 3 N–H and O–H groups in total. The van der Waals surface area contributed by atoms with Gasteiger partial charge in [-0.15, -0.1) is 0 Å². The molecule has 1 fully saturated rings. The molecule has 1 aliphatic heterocycles. The number of benzene rings is 1. The van der Waals surface area contributed by atoms with Gasteiger partial charge in [-0.25, -0.2) is 0 Å². The number of hydrogen-bond donors (Lipinski definition) is 2. The first kappa shape index (κ1) is 16.3. The third-order valence-electron chi connectivity index (χ3n) is 4.16. The molecule has 1 heterocycles. The monoisotopic (exact) mass is 305 g/mol. The zero-order valence-electron chi connectivity index (χ0n) is 13.1. The molecule has 1 unspecified atom stereocenters. The molecule has 0 aromatic heterocycles. The largest absolute Gasteiger partial charge is 0.497 e. The molecular formula is C16H23N3O3. The normalized spacial score (nSPS) is 20.8. The van der Waals surface area contributed by atoms with Gasteiger partial charge in [0, 0.05) is 18.7 Å². The van der Waals surface area contributed by atoms with Crippen molar-refractivity contribution >= 4 is 11.8 Å². The summed E-state index contributed by atoms with van der Waals surface area (Å²) < 4.78 is 5.04. The molecule has 1 atom stereocenters. The number of nitrogens with one attached hydrogen (secondary N) is 1. The maximum atomic E-state index is 12.1. The summed E-state index contributed by atoms with van der Waals surface area (Å²) in [7, 11) is 1.57. The average molecular weight is 305 g/mol. The number of nitrogens with zero attached hydrogens (tertiary/aromatic N) is 1. The van der Waals surface area contributed by atoms with Crippen LogP contribution < -0.4 is 15.8 Å². The van der Waals surface area contributed by atoms with Gasteiger partial charge in [0.25, 0.3) is 5.91 Å². The molecule has 0 spiro atoms. The van der Waals surface area contributed by atoms with Crippen LogP contribution in [-0.2, 0) is 4.79 Å². The Hall–Kier alpha value is -2.08. The quantitative estimate of drug-likeness (QED) is 0.835. The number of methoxy groups -OCH3 is 1. The van der Waals surface area contributed by atoms with Crippen molar-refractivity contribution in [2.75, 3.05) is 33.3 Å². The van der Waals surface area contributed by atoms with Crippen LogP contribution in [0.4, 0.5) is 0 Å². The predicted molar refractivity (Wildman–Crippen MR) is 83.7 cm³/mol. The smallest absolute Gasteiger partial charge is 0.251 e. The molecule has 6 heteroatoms. The number of amides is 2. The van der Waals surface area contributed by atoms with Crippen molar-refractivity contribution in [3.63, 3.8) is 0 Å². The maximum absolute atomic E-state index is 12.1.